The Bertz CT molecular complexity index is 713. The van der Waals surface area contributed by atoms with Crippen molar-refractivity contribution < 1.29 is 19.1 Å². The summed E-state index contributed by atoms with van der Waals surface area (Å²) in [6, 6.07) is 18.8. The van der Waals surface area contributed by atoms with Crippen LogP contribution in [-0.2, 0) is 14.3 Å². The molecule has 0 spiro atoms. The second-order valence-corrected chi connectivity index (χ2v) is 6.33. The number of hydrogen-bond acceptors (Lipinski definition) is 4. The number of benzene rings is 2. The number of nitrogens with one attached hydrogen (secondary N) is 1. The largest absolute Gasteiger partial charge is 0.494 e. The highest BCUT2D eigenvalue weighted by Gasteiger charge is 2.30. The smallest absolute Gasteiger partial charge is 0.307 e. The van der Waals surface area contributed by atoms with E-state index >= 15 is 0 Å². The molecule has 3 rings (SSSR count). The number of hydrogen-bond donors (Lipinski definition) is 1. The van der Waals surface area contributed by atoms with Gasteiger partial charge in [0.1, 0.15) is 5.75 Å². The van der Waals surface area contributed by atoms with Crippen LogP contribution >= 0.6 is 0 Å². The molecule has 1 aliphatic carbocycles. The number of carbonyl (C=O) groups is 2. The van der Waals surface area contributed by atoms with Crippen molar-refractivity contribution in [3.63, 3.8) is 0 Å². The zero-order valence-corrected chi connectivity index (χ0v) is 14.6. The van der Waals surface area contributed by atoms with Gasteiger partial charge < -0.3 is 14.8 Å². The molecule has 2 aromatic carbocycles. The summed E-state index contributed by atoms with van der Waals surface area (Å²) in [5.74, 6) is 0.112. The summed E-state index contributed by atoms with van der Waals surface area (Å²) >= 11 is 0. The molecule has 0 aromatic heterocycles. The minimum absolute atomic E-state index is 0.201. The van der Waals surface area contributed by atoms with Crippen molar-refractivity contribution in [2.45, 2.75) is 37.8 Å². The number of rotatable bonds is 9. The molecule has 1 atom stereocenters. The summed E-state index contributed by atoms with van der Waals surface area (Å²) in [6.07, 6.45) is 1.79. The topological polar surface area (TPSA) is 64.6 Å². The fraction of sp³-hybridized carbons (Fsp3) is 0.333. The summed E-state index contributed by atoms with van der Waals surface area (Å²) in [7, 11) is 0. The third-order valence-electron chi connectivity index (χ3n) is 4.05. The Hall–Kier alpha value is -2.82. The van der Waals surface area contributed by atoms with Gasteiger partial charge in [0.25, 0.3) is 5.91 Å². The molecule has 1 N–H and O–H groups in total. The fourth-order valence-corrected chi connectivity index (χ4v) is 2.52. The maximum absolute atomic E-state index is 12.4. The highest BCUT2D eigenvalue weighted by Crippen LogP contribution is 2.23. The molecule has 5 nitrogen and oxygen atoms in total. The Morgan fingerprint density at radius 2 is 1.65 bits per heavy atom. The van der Waals surface area contributed by atoms with E-state index in [-0.39, 0.29) is 18.4 Å². The van der Waals surface area contributed by atoms with Gasteiger partial charge in [0.2, 0.25) is 6.10 Å². The molecule has 0 heterocycles. The summed E-state index contributed by atoms with van der Waals surface area (Å²) in [6.45, 7) is 0.420. The van der Waals surface area contributed by atoms with Crippen LogP contribution in [0.2, 0.25) is 0 Å². The molecule has 0 unspecified atom stereocenters. The molecule has 0 bridgehead atoms. The molecular formula is C21H23NO4. The Kier molecular flexibility index (Phi) is 6.25. The van der Waals surface area contributed by atoms with E-state index in [9.17, 15) is 9.59 Å². The van der Waals surface area contributed by atoms with E-state index in [1.165, 1.54) is 0 Å². The van der Waals surface area contributed by atoms with Gasteiger partial charge in [-0.1, -0.05) is 48.5 Å². The Morgan fingerprint density at radius 1 is 1.00 bits per heavy atom. The van der Waals surface area contributed by atoms with E-state index < -0.39 is 12.1 Å². The number of carbonyl (C=O) groups excluding carboxylic acids is 2. The molecular weight excluding hydrogens is 330 g/mol. The standard InChI is InChI=1S/C21H23NO4/c23-19(12-7-15-25-18-10-5-2-6-11-18)26-20(16-8-3-1-4-9-16)21(24)22-17-13-14-17/h1-6,8-11,17,20H,7,12-15H2,(H,22,24)/t20-/m1/s1. The van der Waals surface area contributed by atoms with Gasteiger partial charge in [-0.3, -0.25) is 9.59 Å². The van der Waals surface area contributed by atoms with Gasteiger partial charge >= 0.3 is 5.97 Å². The molecule has 136 valence electrons. The van der Waals surface area contributed by atoms with Crippen molar-refractivity contribution >= 4 is 11.9 Å². The molecule has 1 fully saturated rings. The van der Waals surface area contributed by atoms with Crippen molar-refractivity contribution in [3.8, 4) is 5.75 Å². The molecule has 0 radical (unpaired) electrons. The first-order valence-corrected chi connectivity index (χ1v) is 8.95. The lowest BCUT2D eigenvalue weighted by Gasteiger charge is -2.18. The lowest BCUT2D eigenvalue weighted by atomic mass is 10.1. The third kappa shape index (κ3) is 5.62. The number of para-hydroxylation sites is 1. The molecule has 0 saturated heterocycles. The quantitative estimate of drug-likeness (QED) is 0.554. The molecule has 0 aliphatic heterocycles. The molecule has 1 aliphatic rings. The minimum atomic E-state index is -0.903. The molecule has 5 heteroatoms. The van der Waals surface area contributed by atoms with Crippen LogP contribution in [0, 0.1) is 0 Å². The normalized spacial score (nSPS) is 14.3. The Balaban J connectivity index is 1.49. The van der Waals surface area contributed by atoms with Gasteiger partial charge in [0, 0.05) is 18.0 Å². The molecule has 1 saturated carbocycles. The lowest BCUT2D eigenvalue weighted by molar-refractivity contribution is -0.156. The fourth-order valence-electron chi connectivity index (χ4n) is 2.52. The first kappa shape index (κ1) is 18.0. The zero-order valence-electron chi connectivity index (χ0n) is 14.6. The van der Waals surface area contributed by atoms with Crippen LogP contribution in [0.3, 0.4) is 0 Å². The summed E-state index contributed by atoms with van der Waals surface area (Å²) in [5, 5.41) is 2.91. The lowest BCUT2D eigenvalue weighted by Crippen LogP contribution is -2.33. The number of ether oxygens (including phenoxy) is 2. The molecule has 1 amide bonds. The monoisotopic (exact) mass is 353 g/mol. The van der Waals surface area contributed by atoms with Gasteiger partial charge in [0.05, 0.1) is 6.61 Å². The predicted molar refractivity (Wildman–Crippen MR) is 97.6 cm³/mol. The second kappa shape index (κ2) is 9.04. The van der Waals surface area contributed by atoms with Crippen LogP contribution in [0.1, 0.15) is 37.4 Å². The van der Waals surface area contributed by atoms with Crippen molar-refractivity contribution in [1.29, 1.82) is 0 Å². The van der Waals surface area contributed by atoms with Crippen LogP contribution in [0.4, 0.5) is 0 Å². The maximum Gasteiger partial charge on any atom is 0.307 e. The first-order valence-electron chi connectivity index (χ1n) is 8.95. The van der Waals surface area contributed by atoms with Gasteiger partial charge in [-0.25, -0.2) is 0 Å². The van der Waals surface area contributed by atoms with Crippen molar-refractivity contribution in [2.75, 3.05) is 6.61 Å². The summed E-state index contributed by atoms with van der Waals surface area (Å²) in [4.78, 5) is 24.6. The first-order chi connectivity index (χ1) is 12.7. The van der Waals surface area contributed by atoms with Gasteiger partial charge in [-0.05, 0) is 31.4 Å². The highest BCUT2D eigenvalue weighted by atomic mass is 16.5. The zero-order chi connectivity index (χ0) is 18.2. The average molecular weight is 353 g/mol. The minimum Gasteiger partial charge on any atom is -0.494 e. The van der Waals surface area contributed by atoms with Gasteiger partial charge in [-0.2, -0.15) is 0 Å². The second-order valence-electron chi connectivity index (χ2n) is 6.33. The Morgan fingerprint density at radius 3 is 2.31 bits per heavy atom. The van der Waals surface area contributed by atoms with Crippen molar-refractivity contribution in [1.82, 2.24) is 5.32 Å². The van der Waals surface area contributed by atoms with Crippen LogP contribution in [-0.4, -0.2) is 24.5 Å². The van der Waals surface area contributed by atoms with Crippen LogP contribution in [0.25, 0.3) is 0 Å². The third-order valence-corrected chi connectivity index (χ3v) is 4.05. The highest BCUT2D eigenvalue weighted by molar-refractivity contribution is 5.85. The van der Waals surface area contributed by atoms with Gasteiger partial charge in [-0.15, -0.1) is 0 Å². The molecule has 2 aromatic rings. The van der Waals surface area contributed by atoms with E-state index in [0.29, 0.717) is 18.6 Å². The summed E-state index contributed by atoms with van der Waals surface area (Å²) < 4.78 is 11.0. The van der Waals surface area contributed by atoms with Crippen LogP contribution < -0.4 is 10.1 Å². The number of esters is 1. The van der Waals surface area contributed by atoms with Crippen LogP contribution in [0.15, 0.2) is 60.7 Å². The molecule has 26 heavy (non-hydrogen) atoms. The van der Waals surface area contributed by atoms with Crippen molar-refractivity contribution in [2.24, 2.45) is 0 Å². The van der Waals surface area contributed by atoms with Crippen molar-refractivity contribution in [3.05, 3.63) is 66.2 Å². The number of amides is 1. The van der Waals surface area contributed by atoms with E-state index in [1.807, 2.05) is 48.5 Å². The summed E-state index contributed by atoms with van der Waals surface area (Å²) in [5.41, 5.74) is 0.680. The predicted octanol–water partition coefficient (Wildman–Crippen LogP) is 3.41. The van der Waals surface area contributed by atoms with Crippen LogP contribution in [0.5, 0.6) is 5.75 Å². The Labute approximate surface area is 153 Å². The van der Waals surface area contributed by atoms with E-state index in [4.69, 9.17) is 9.47 Å². The maximum atomic E-state index is 12.4. The van der Waals surface area contributed by atoms with E-state index in [2.05, 4.69) is 5.32 Å². The SMILES string of the molecule is O=C(CCCOc1ccccc1)O[C@@H](C(=O)NC1CC1)c1ccccc1. The van der Waals surface area contributed by atoms with Gasteiger partial charge in [0.15, 0.2) is 0 Å². The average Bonchev–Trinajstić information content (AvgIpc) is 3.49. The van der Waals surface area contributed by atoms with E-state index in [0.717, 1.165) is 18.6 Å². The van der Waals surface area contributed by atoms with E-state index in [1.54, 1.807) is 12.1 Å².